The van der Waals surface area contributed by atoms with Crippen LogP contribution in [0.1, 0.15) is 18.4 Å². The Bertz CT molecular complexity index is 1830. The number of nitrogen functional groups attached to an aromatic ring is 2. The molecule has 0 radical (unpaired) electrons. The third-order valence-electron chi connectivity index (χ3n) is 6.83. The van der Waals surface area contributed by atoms with Gasteiger partial charge in [-0.2, -0.15) is 5.10 Å². The fourth-order valence-electron chi connectivity index (χ4n) is 5.09. The van der Waals surface area contributed by atoms with Crippen LogP contribution in [0.3, 0.4) is 0 Å². The average Bonchev–Trinajstić information content (AvgIpc) is 3.63. The molecule has 0 atom stereocenters. The molecule has 7 rings (SSSR count). The number of nitrogens with zero attached hydrogens (tertiary/aromatic N) is 7. The van der Waals surface area contributed by atoms with Crippen LogP contribution in [0.25, 0.3) is 43.4 Å². The summed E-state index contributed by atoms with van der Waals surface area (Å²) in [7, 11) is 0. The lowest BCUT2D eigenvalue weighted by atomic mass is 10.1. The summed E-state index contributed by atoms with van der Waals surface area (Å²) in [6.45, 7) is 2.29. The van der Waals surface area contributed by atoms with Crippen LogP contribution < -0.4 is 16.4 Å². The number of nitrogens with two attached hydrogens (primary N) is 2. The summed E-state index contributed by atoms with van der Waals surface area (Å²) >= 11 is 1.42. The summed E-state index contributed by atoms with van der Waals surface area (Å²) in [4.78, 5) is 20.2. The van der Waals surface area contributed by atoms with Crippen LogP contribution in [0.5, 0.6) is 0 Å². The van der Waals surface area contributed by atoms with E-state index in [2.05, 4.69) is 19.9 Å². The van der Waals surface area contributed by atoms with Gasteiger partial charge in [-0.1, -0.05) is 17.4 Å². The highest BCUT2D eigenvalue weighted by molar-refractivity contribution is 7.22. The van der Waals surface area contributed by atoms with E-state index in [0.29, 0.717) is 34.2 Å². The number of pyridine rings is 1. The first-order valence-electron chi connectivity index (χ1n) is 12.0. The molecule has 6 aromatic rings. The lowest BCUT2D eigenvalue weighted by Gasteiger charge is -2.19. The molecule has 1 saturated heterocycles. The highest BCUT2D eigenvalue weighted by Crippen LogP contribution is 2.35. The van der Waals surface area contributed by atoms with E-state index in [4.69, 9.17) is 21.5 Å². The van der Waals surface area contributed by atoms with Crippen LogP contribution in [-0.4, -0.2) is 42.8 Å². The second-order valence-electron chi connectivity index (χ2n) is 9.19. The van der Waals surface area contributed by atoms with Crippen LogP contribution >= 0.6 is 23.7 Å². The van der Waals surface area contributed by atoms with E-state index in [-0.39, 0.29) is 18.2 Å². The maximum absolute atomic E-state index is 14.3. The molecular weight excluding hydrogens is 525 g/mol. The minimum Gasteiger partial charge on any atom is -0.383 e. The van der Waals surface area contributed by atoms with Gasteiger partial charge in [0, 0.05) is 24.0 Å². The molecule has 4 aromatic heterocycles. The predicted octanol–water partition coefficient (Wildman–Crippen LogP) is 5.03. The Morgan fingerprint density at radius 3 is 2.61 bits per heavy atom. The number of rotatable bonds is 4. The SMILES string of the molecule is Cl.Nc1nc2ccc(-c3nn(Cc4cc(N5CCCC5)nc5ccc(F)cc45)c4ncnc(N)c34)cc2s1. The minimum absolute atomic E-state index is 0. The van der Waals surface area contributed by atoms with E-state index < -0.39 is 0 Å². The lowest BCUT2D eigenvalue weighted by molar-refractivity contribution is 0.629. The third kappa shape index (κ3) is 4.04. The van der Waals surface area contributed by atoms with Crippen molar-refractivity contribution >= 4 is 72.7 Å². The van der Waals surface area contributed by atoms with Crippen molar-refractivity contribution in [1.29, 1.82) is 0 Å². The summed E-state index contributed by atoms with van der Waals surface area (Å²) in [6, 6.07) is 12.6. The molecular formula is C26H23ClFN9S. The zero-order valence-corrected chi connectivity index (χ0v) is 21.8. The summed E-state index contributed by atoms with van der Waals surface area (Å²) in [5.41, 5.74) is 16.9. The molecule has 0 spiro atoms. The number of hydrogen-bond acceptors (Lipinski definition) is 9. The first-order valence-corrected chi connectivity index (χ1v) is 12.8. The highest BCUT2D eigenvalue weighted by atomic mass is 35.5. The lowest BCUT2D eigenvalue weighted by Crippen LogP contribution is -2.19. The quantitative estimate of drug-likeness (QED) is 0.315. The van der Waals surface area contributed by atoms with Crippen molar-refractivity contribution in [2.75, 3.05) is 29.5 Å². The molecule has 0 bridgehead atoms. The Kier molecular flexibility index (Phi) is 5.96. The summed E-state index contributed by atoms with van der Waals surface area (Å²) in [6.07, 6.45) is 3.71. The topological polar surface area (TPSA) is 125 Å². The van der Waals surface area contributed by atoms with Crippen molar-refractivity contribution in [2.45, 2.75) is 19.4 Å². The van der Waals surface area contributed by atoms with Crippen molar-refractivity contribution in [1.82, 2.24) is 29.7 Å². The predicted molar refractivity (Wildman–Crippen MR) is 152 cm³/mol. The number of benzene rings is 2. The Balaban J connectivity index is 0.00000264. The average molecular weight is 548 g/mol. The van der Waals surface area contributed by atoms with Gasteiger partial charge in [-0.3, -0.25) is 0 Å². The number of anilines is 3. The minimum atomic E-state index is -0.306. The van der Waals surface area contributed by atoms with Gasteiger partial charge in [-0.15, -0.1) is 12.4 Å². The van der Waals surface area contributed by atoms with Crippen LogP contribution in [0.15, 0.2) is 48.8 Å². The first kappa shape index (κ1) is 24.3. The Labute approximate surface area is 226 Å². The number of aromatic nitrogens is 6. The summed E-state index contributed by atoms with van der Waals surface area (Å²) in [5.74, 6) is 0.934. The van der Waals surface area contributed by atoms with Gasteiger partial charge in [0.1, 0.15) is 29.5 Å². The van der Waals surface area contributed by atoms with Gasteiger partial charge < -0.3 is 16.4 Å². The number of hydrogen-bond donors (Lipinski definition) is 2. The van der Waals surface area contributed by atoms with Gasteiger partial charge in [0.15, 0.2) is 10.8 Å². The first-order chi connectivity index (χ1) is 18.0. The molecule has 9 nitrogen and oxygen atoms in total. The van der Waals surface area contributed by atoms with E-state index in [1.807, 2.05) is 24.3 Å². The fourth-order valence-corrected chi connectivity index (χ4v) is 5.86. The molecule has 2 aromatic carbocycles. The van der Waals surface area contributed by atoms with Gasteiger partial charge in [0.05, 0.1) is 27.7 Å². The number of thiazole rings is 1. The maximum atomic E-state index is 14.3. The zero-order chi connectivity index (χ0) is 25.1. The van der Waals surface area contributed by atoms with Gasteiger partial charge in [-0.25, -0.2) is 29.0 Å². The number of fused-ring (bicyclic) bond motifs is 3. The third-order valence-corrected chi connectivity index (χ3v) is 7.68. The molecule has 0 unspecified atom stereocenters. The van der Waals surface area contributed by atoms with Crippen LogP contribution in [-0.2, 0) is 6.54 Å². The van der Waals surface area contributed by atoms with Crippen molar-refractivity contribution in [3.05, 3.63) is 60.2 Å². The van der Waals surface area contributed by atoms with Crippen LogP contribution in [0, 0.1) is 5.82 Å². The molecule has 0 aliphatic carbocycles. The second-order valence-corrected chi connectivity index (χ2v) is 10.3. The van der Waals surface area contributed by atoms with Crippen molar-refractivity contribution < 1.29 is 4.39 Å². The maximum Gasteiger partial charge on any atom is 0.181 e. The van der Waals surface area contributed by atoms with Crippen molar-refractivity contribution in [3.8, 4) is 11.3 Å². The molecule has 1 aliphatic rings. The summed E-state index contributed by atoms with van der Waals surface area (Å²) < 4.78 is 17.1. The van der Waals surface area contributed by atoms with Crippen molar-refractivity contribution in [2.24, 2.45) is 0 Å². The smallest absolute Gasteiger partial charge is 0.181 e. The second kappa shape index (κ2) is 9.34. The van der Waals surface area contributed by atoms with E-state index in [1.165, 1.54) is 29.8 Å². The molecule has 38 heavy (non-hydrogen) atoms. The Hall–Kier alpha value is -4.09. The highest BCUT2D eigenvalue weighted by Gasteiger charge is 2.21. The molecule has 1 aliphatic heterocycles. The summed E-state index contributed by atoms with van der Waals surface area (Å²) in [5, 5.41) is 6.87. The van der Waals surface area contributed by atoms with Crippen molar-refractivity contribution in [3.63, 3.8) is 0 Å². The molecule has 12 heteroatoms. The Morgan fingerprint density at radius 2 is 1.76 bits per heavy atom. The Morgan fingerprint density at radius 1 is 0.947 bits per heavy atom. The molecule has 1 fully saturated rings. The normalized spacial score (nSPS) is 13.6. The number of halogens is 2. The van der Waals surface area contributed by atoms with Gasteiger partial charge in [0.25, 0.3) is 0 Å². The standard InChI is InChI=1S/C26H22FN9S.ClH/c27-16-4-6-18-17(11-16)15(10-21(32-18)35-7-1-2-8-35)12-36-25-22(24(28)30-13-31-25)23(34-36)14-3-5-19-20(9-14)37-26(29)33-19;/h3-6,9-11,13H,1-2,7-8,12H2,(H2,29,33)(H2,28,30,31);1H. The molecule has 4 N–H and O–H groups in total. The van der Waals surface area contributed by atoms with E-state index in [9.17, 15) is 4.39 Å². The van der Waals surface area contributed by atoms with E-state index >= 15 is 0 Å². The van der Waals surface area contributed by atoms with E-state index in [0.717, 1.165) is 64.0 Å². The molecule has 5 heterocycles. The van der Waals surface area contributed by atoms with E-state index in [1.54, 1.807) is 10.7 Å². The monoisotopic (exact) mass is 547 g/mol. The molecule has 192 valence electrons. The van der Waals surface area contributed by atoms with Gasteiger partial charge >= 0.3 is 0 Å². The van der Waals surface area contributed by atoms with Gasteiger partial charge in [0.2, 0.25) is 0 Å². The van der Waals surface area contributed by atoms with Crippen LogP contribution in [0.4, 0.5) is 21.2 Å². The van der Waals surface area contributed by atoms with Crippen LogP contribution in [0.2, 0.25) is 0 Å². The zero-order valence-electron chi connectivity index (χ0n) is 20.1. The van der Waals surface area contributed by atoms with Gasteiger partial charge in [-0.05, 0) is 54.8 Å². The molecule has 0 saturated carbocycles. The largest absolute Gasteiger partial charge is 0.383 e. The fraction of sp³-hybridized carbons (Fsp3) is 0.192. The molecule has 0 amide bonds.